The van der Waals surface area contributed by atoms with Crippen LogP contribution in [0.4, 0.5) is 5.69 Å². The molecule has 1 atom stereocenters. The summed E-state index contributed by atoms with van der Waals surface area (Å²) in [4.78, 5) is 14.0. The number of hydrogen-bond donors (Lipinski definition) is 0. The molecule has 0 fully saturated rings. The minimum atomic E-state index is 0.0914. The molecular formula is C20H20N2OS. The highest BCUT2D eigenvalue weighted by Gasteiger charge is 2.34. The molecule has 4 heteroatoms. The minimum Gasteiger partial charge on any atom is -0.273 e. The van der Waals surface area contributed by atoms with Crippen LogP contribution in [-0.4, -0.2) is 17.4 Å². The second-order valence-electron chi connectivity index (χ2n) is 6.47. The minimum absolute atomic E-state index is 0.0914. The molecule has 1 amide bonds. The summed E-state index contributed by atoms with van der Waals surface area (Å²) >= 11 is 1.90. The maximum atomic E-state index is 12.6. The highest BCUT2D eigenvalue weighted by Crippen LogP contribution is 2.39. The smallest absolute Gasteiger partial charge is 0.248 e. The topological polar surface area (TPSA) is 32.7 Å². The van der Waals surface area contributed by atoms with Crippen LogP contribution in [0.5, 0.6) is 0 Å². The lowest BCUT2D eigenvalue weighted by Gasteiger charge is -2.29. The molecule has 0 spiro atoms. The number of hydrogen-bond acceptors (Lipinski definition) is 3. The average Bonchev–Trinajstić information content (AvgIpc) is 2.78. The first-order valence-electron chi connectivity index (χ1n) is 8.35. The highest BCUT2D eigenvalue weighted by atomic mass is 32.2. The number of hydrazone groups is 1. The van der Waals surface area contributed by atoms with Crippen LogP contribution >= 0.6 is 11.8 Å². The maximum Gasteiger partial charge on any atom is 0.248 e. The Morgan fingerprint density at radius 1 is 1.08 bits per heavy atom. The van der Waals surface area contributed by atoms with E-state index in [1.165, 1.54) is 21.6 Å². The molecular weight excluding hydrogens is 316 g/mol. The van der Waals surface area contributed by atoms with Crippen molar-refractivity contribution in [2.24, 2.45) is 11.0 Å². The second-order valence-corrected chi connectivity index (χ2v) is 7.57. The lowest BCUT2D eigenvalue weighted by Crippen LogP contribution is -2.37. The summed E-state index contributed by atoms with van der Waals surface area (Å²) in [6.07, 6.45) is 1.55. The van der Waals surface area contributed by atoms with Gasteiger partial charge >= 0.3 is 0 Å². The van der Waals surface area contributed by atoms with Gasteiger partial charge in [0.05, 0.1) is 11.4 Å². The lowest BCUT2D eigenvalue weighted by atomic mass is 9.87. The van der Waals surface area contributed by atoms with Gasteiger partial charge in [0.1, 0.15) is 0 Å². The molecule has 24 heavy (non-hydrogen) atoms. The van der Waals surface area contributed by atoms with Crippen LogP contribution in [0.25, 0.3) is 0 Å². The monoisotopic (exact) mass is 336 g/mol. The first-order chi connectivity index (χ1) is 11.6. The zero-order valence-corrected chi connectivity index (χ0v) is 14.8. The molecule has 2 aliphatic rings. The number of aryl methyl sites for hydroxylation is 2. The summed E-state index contributed by atoms with van der Waals surface area (Å²) in [6.45, 7) is 4.31. The van der Waals surface area contributed by atoms with Crippen LogP contribution in [0.3, 0.4) is 0 Å². The third-order valence-corrected chi connectivity index (χ3v) is 6.04. The van der Waals surface area contributed by atoms with E-state index in [0.717, 1.165) is 23.6 Å². The SMILES string of the molecule is Cc1ccc(C)c2c1SCCC1CC(=O)N(c3ccccc3)N=C21. The highest BCUT2D eigenvalue weighted by molar-refractivity contribution is 7.99. The van der Waals surface area contributed by atoms with Crippen LogP contribution in [0.15, 0.2) is 52.5 Å². The molecule has 2 aromatic rings. The van der Waals surface area contributed by atoms with Gasteiger partial charge in [0.2, 0.25) is 5.91 Å². The summed E-state index contributed by atoms with van der Waals surface area (Å²) < 4.78 is 0. The van der Waals surface area contributed by atoms with Crippen LogP contribution < -0.4 is 5.01 Å². The fraction of sp³-hybridized carbons (Fsp3) is 0.300. The molecule has 0 N–H and O–H groups in total. The van der Waals surface area contributed by atoms with Gasteiger partial charge in [-0.15, -0.1) is 11.8 Å². The van der Waals surface area contributed by atoms with Gasteiger partial charge in [-0.05, 0) is 49.3 Å². The Morgan fingerprint density at radius 2 is 1.83 bits per heavy atom. The number of para-hydroxylation sites is 1. The van der Waals surface area contributed by atoms with E-state index in [-0.39, 0.29) is 11.8 Å². The molecule has 2 heterocycles. The molecule has 0 aromatic heterocycles. The van der Waals surface area contributed by atoms with E-state index in [9.17, 15) is 4.79 Å². The molecule has 0 aliphatic carbocycles. The molecule has 2 aliphatic heterocycles. The Hall–Kier alpha value is -2.07. The Bertz CT molecular complexity index is 829. The van der Waals surface area contributed by atoms with Crippen molar-refractivity contribution in [2.45, 2.75) is 31.6 Å². The third kappa shape index (κ3) is 2.55. The van der Waals surface area contributed by atoms with Crippen LogP contribution in [0.1, 0.15) is 29.5 Å². The van der Waals surface area contributed by atoms with E-state index in [4.69, 9.17) is 5.10 Å². The lowest BCUT2D eigenvalue weighted by molar-refractivity contribution is -0.119. The number of thioether (sulfide) groups is 1. The van der Waals surface area contributed by atoms with Crippen molar-refractivity contribution in [3.05, 3.63) is 59.2 Å². The second kappa shape index (κ2) is 6.10. The van der Waals surface area contributed by atoms with E-state index in [1.54, 1.807) is 5.01 Å². The van der Waals surface area contributed by atoms with E-state index < -0.39 is 0 Å². The molecule has 3 nitrogen and oxygen atoms in total. The number of rotatable bonds is 1. The zero-order chi connectivity index (χ0) is 16.7. The van der Waals surface area contributed by atoms with Gasteiger partial charge in [-0.2, -0.15) is 5.10 Å². The van der Waals surface area contributed by atoms with E-state index >= 15 is 0 Å². The third-order valence-electron chi connectivity index (χ3n) is 4.78. The number of carbonyl (C=O) groups excluding carboxylic acids is 1. The van der Waals surface area contributed by atoms with Gasteiger partial charge in [0.15, 0.2) is 0 Å². The Labute approximate surface area is 146 Å². The Morgan fingerprint density at radius 3 is 2.62 bits per heavy atom. The Balaban J connectivity index is 1.89. The predicted molar refractivity (Wildman–Crippen MR) is 99.8 cm³/mol. The number of nitrogens with zero attached hydrogens (tertiary/aromatic N) is 2. The molecule has 122 valence electrons. The van der Waals surface area contributed by atoms with Crippen molar-refractivity contribution in [2.75, 3.05) is 10.8 Å². The van der Waals surface area contributed by atoms with Crippen LogP contribution in [0.2, 0.25) is 0 Å². The number of anilines is 1. The largest absolute Gasteiger partial charge is 0.273 e. The summed E-state index contributed by atoms with van der Waals surface area (Å²) in [5.74, 6) is 1.36. The number of carbonyl (C=O) groups is 1. The standard InChI is InChI=1S/C20H20N2OS/c1-13-8-9-14(2)20-18(13)19-15(10-11-24-20)12-17(23)22(21-19)16-6-4-3-5-7-16/h3-9,15H,10-12H2,1-2H3. The quantitative estimate of drug-likeness (QED) is 0.765. The molecule has 0 bridgehead atoms. The average molecular weight is 336 g/mol. The fourth-order valence-corrected chi connectivity index (χ4v) is 4.81. The number of amides is 1. The van der Waals surface area contributed by atoms with Crippen molar-refractivity contribution < 1.29 is 4.79 Å². The van der Waals surface area contributed by atoms with Gasteiger partial charge in [-0.3, -0.25) is 4.79 Å². The molecule has 0 saturated carbocycles. The first kappa shape index (κ1) is 15.5. The van der Waals surface area contributed by atoms with Crippen molar-refractivity contribution in [1.82, 2.24) is 0 Å². The van der Waals surface area contributed by atoms with Crippen molar-refractivity contribution in [3.8, 4) is 0 Å². The summed E-state index contributed by atoms with van der Waals surface area (Å²) in [5, 5.41) is 6.44. The summed E-state index contributed by atoms with van der Waals surface area (Å²) in [7, 11) is 0. The van der Waals surface area contributed by atoms with Crippen LogP contribution in [-0.2, 0) is 4.79 Å². The molecule has 0 saturated heterocycles. The molecule has 1 unspecified atom stereocenters. The molecule has 2 aromatic carbocycles. The fourth-order valence-electron chi connectivity index (χ4n) is 3.50. The number of fused-ring (bicyclic) bond motifs is 3. The zero-order valence-electron chi connectivity index (χ0n) is 14.0. The molecule has 0 radical (unpaired) electrons. The van der Waals surface area contributed by atoms with Gasteiger partial charge in [-0.1, -0.05) is 30.3 Å². The first-order valence-corrected chi connectivity index (χ1v) is 9.33. The predicted octanol–water partition coefficient (Wildman–Crippen LogP) is 4.56. The van der Waals surface area contributed by atoms with Gasteiger partial charge < -0.3 is 0 Å². The summed E-state index contributed by atoms with van der Waals surface area (Å²) in [6, 6.07) is 14.1. The molecule has 4 rings (SSSR count). The van der Waals surface area contributed by atoms with E-state index in [1.807, 2.05) is 42.1 Å². The summed E-state index contributed by atoms with van der Waals surface area (Å²) in [5.41, 5.74) is 5.72. The van der Waals surface area contributed by atoms with E-state index in [0.29, 0.717) is 6.42 Å². The van der Waals surface area contributed by atoms with E-state index in [2.05, 4.69) is 26.0 Å². The van der Waals surface area contributed by atoms with Gasteiger partial charge in [0, 0.05) is 22.8 Å². The van der Waals surface area contributed by atoms with Crippen molar-refractivity contribution >= 4 is 29.1 Å². The Kier molecular flexibility index (Phi) is 3.93. The van der Waals surface area contributed by atoms with Crippen molar-refractivity contribution in [1.29, 1.82) is 0 Å². The maximum absolute atomic E-state index is 12.6. The normalized spacial score (nSPS) is 20.1. The van der Waals surface area contributed by atoms with Crippen molar-refractivity contribution in [3.63, 3.8) is 0 Å². The number of benzene rings is 2. The van der Waals surface area contributed by atoms with Crippen LogP contribution in [0, 0.1) is 19.8 Å². The van der Waals surface area contributed by atoms with Gasteiger partial charge in [0.25, 0.3) is 0 Å². The van der Waals surface area contributed by atoms with Gasteiger partial charge in [-0.25, -0.2) is 5.01 Å².